The molecule has 0 spiro atoms. The van der Waals surface area contributed by atoms with Gasteiger partial charge >= 0.3 is 0 Å². The molecule has 24 heavy (non-hydrogen) atoms. The molecule has 128 valence electrons. The first kappa shape index (κ1) is 17.7. The second kappa shape index (κ2) is 7.85. The molecule has 4 nitrogen and oxygen atoms in total. The lowest BCUT2D eigenvalue weighted by molar-refractivity contribution is -0.139. The molecule has 1 aromatic heterocycles. The Bertz CT molecular complexity index is 711. The number of carbonyl (C=O) groups is 1. The maximum atomic E-state index is 12.7. The summed E-state index contributed by atoms with van der Waals surface area (Å²) in [5.74, 6) is 0.962. The number of ether oxygens (including phenoxy) is 1. The van der Waals surface area contributed by atoms with E-state index >= 15 is 0 Å². The van der Waals surface area contributed by atoms with Gasteiger partial charge in [-0.25, -0.2) is 4.98 Å². The first-order valence-corrected chi connectivity index (χ1v) is 9.89. The Kier molecular flexibility index (Phi) is 5.79. The highest BCUT2D eigenvalue weighted by atomic mass is 79.9. The molecule has 2 heterocycles. The Morgan fingerprint density at radius 1 is 1.54 bits per heavy atom. The van der Waals surface area contributed by atoms with Crippen LogP contribution in [0.1, 0.15) is 30.7 Å². The van der Waals surface area contributed by atoms with E-state index in [0.29, 0.717) is 23.2 Å². The van der Waals surface area contributed by atoms with Crippen LogP contribution < -0.4 is 4.74 Å². The molecule has 1 amide bonds. The summed E-state index contributed by atoms with van der Waals surface area (Å²) in [6, 6.07) is 5.27. The molecule has 1 aromatic carbocycles. The van der Waals surface area contributed by atoms with E-state index in [1.165, 1.54) is 0 Å². The number of aromatic nitrogens is 1. The number of thiazole rings is 1. The van der Waals surface area contributed by atoms with Crippen molar-refractivity contribution in [3.8, 4) is 5.75 Å². The van der Waals surface area contributed by atoms with Gasteiger partial charge in [-0.3, -0.25) is 4.79 Å². The van der Waals surface area contributed by atoms with Gasteiger partial charge in [0.05, 0.1) is 9.48 Å². The number of nitrogens with zero attached hydrogens (tertiary/aromatic N) is 2. The number of amides is 1. The summed E-state index contributed by atoms with van der Waals surface area (Å²) < 4.78 is 6.58. The van der Waals surface area contributed by atoms with Crippen LogP contribution in [0.4, 0.5) is 0 Å². The smallest absolute Gasteiger partial charge is 0.263 e. The molecule has 1 fully saturated rings. The summed E-state index contributed by atoms with van der Waals surface area (Å²) in [6.07, 6.45) is 3.35. The number of carbonyl (C=O) groups excluding carboxylic acids is 1. The summed E-state index contributed by atoms with van der Waals surface area (Å²) in [7, 11) is 0. The van der Waals surface area contributed by atoms with Gasteiger partial charge in [0.1, 0.15) is 5.75 Å². The number of likely N-dealkylation sites (tertiary alicyclic amines) is 1. The predicted molar refractivity (Wildman–Crippen MR) is 99.9 cm³/mol. The van der Waals surface area contributed by atoms with Gasteiger partial charge in [-0.15, -0.1) is 11.3 Å². The van der Waals surface area contributed by atoms with Gasteiger partial charge < -0.3 is 9.64 Å². The molecule has 0 N–H and O–H groups in total. The summed E-state index contributed by atoms with van der Waals surface area (Å²) in [5.41, 5.74) is 0. The Labute approximate surface area is 158 Å². The molecule has 2 atom stereocenters. The number of hydrogen-bond donors (Lipinski definition) is 0. The lowest BCUT2D eigenvalue weighted by Gasteiger charge is -2.33. The lowest BCUT2D eigenvalue weighted by atomic mass is 9.98. The van der Waals surface area contributed by atoms with Crippen molar-refractivity contribution >= 4 is 44.8 Å². The standard InChI is InChI=1S/C17H18BrClN2O2S/c1-11(23-15-5-4-13(19)9-14(15)18)17(22)21-7-2-3-12(10-21)16-20-6-8-24-16/h4-6,8-9,11-12H,2-3,7,10H2,1H3. The maximum absolute atomic E-state index is 12.7. The molecule has 7 heteroatoms. The van der Waals surface area contributed by atoms with Crippen molar-refractivity contribution < 1.29 is 9.53 Å². The van der Waals surface area contributed by atoms with Gasteiger partial charge in [-0.05, 0) is 53.9 Å². The van der Waals surface area contributed by atoms with Crippen molar-refractivity contribution in [2.45, 2.75) is 31.8 Å². The van der Waals surface area contributed by atoms with Crippen LogP contribution in [-0.4, -0.2) is 35.0 Å². The predicted octanol–water partition coefficient (Wildman–Crippen LogP) is 4.73. The molecule has 1 aliphatic rings. The summed E-state index contributed by atoms with van der Waals surface area (Å²) in [4.78, 5) is 19.0. The highest BCUT2D eigenvalue weighted by Gasteiger charge is 2.29. The number of hydrogen-bond acceptors (Lipinski definition) is 4. The molecule has 0 radical (unpaired) electrons. The van der Waals surface area contributed by atoms with Gasteiger partial charge in [0.2, 0.25) is 0 Å². The average molecular weight is 430 g/mol. The largest absolute Gasteiger partial charge is 0.480 e. The third kappa shape index (κ3) is 4.10. The number of piperidine rings is 1. The Hall–Kier alpha value is -1.11. The highest BCUT2D eigenvalue weighted by Crippen LogP contribution is 2.31. The summed E-state index contributed by atoms with van der Waals surface area (Å²) in [5, 5.41) is 3.72. The zero-order chi connectivity index (χ0) is 17.1. The van der Waals surface area contributed by atoms with E-state index in [-0.39, 0.29) is 5.91 Å². The molecule has 1 saturated heterocycles. The summed E-state index contributed by atoms with van der Waals surface area (Å²) in [6.45, 7) is 3.27. The second-order valence-electron chi connectivity index (χ2n) is 5.83. The lowest BCUT2D eigenvalue weighted by Crippen LogP contribution is -2.45. The second-order valence-corrected chi connectivity index (χ2v) is 8.05. The van der Waals surface area contributed by atoms with Crippen LogP contribution in [0.25, 0.3) is 0 Å². The van der Waals surface area contributed by atoms with E-state index in [4.69, 9.17) is 16.3 Å². The average Bonchev–Trinajstić information content (AvgIpc) is 3.11. The minimum absolute atomic E-state index is 0.0121. The molecule has 0 bridgehead atoms. The quantitative estimate of drug-likeness (QED) is 0.705. The summed E-state index contributed by atoms with van der Waals surface area (Å²) >= 11 is 11.0. The topological polar surface area (TPSA) is 42.4 Å². The van der Waals surface area contributed by atoms with Crippen LogP contribution in [0.5, 0.6) is 5.75 Å². The van der Waals surface area contributed by atoms with Gasteiger partial charge in [-0.2, -0.15) is 0 Å². The molecule has 0 saturated carbocycles. The third-order valence-corrected chi connectivity index (χ3v) is 5.87. The van der Waals surface area contributed by atoms with E-state index < -0.39 is 6.10 Å². The molecule has 1 aliphatic heterocycles. The van der Waals surface area contributed by atoms with Crippen LogP contribution in [0, 0.1) is 0 Å². The van der Waals surface area contributed by atoms with E-state index in [1.54, 1.807) is 36.5 Å². The van der Waals surface area contributed by atoms with Crippen LogP contribution in [0.3, 0.4) is 0 Å². The highest BCUT2D eigenvalue weighted by molar-refractivity contribution is 9.10. The molecular weight excluding hydrogens is 412 g/mol. The van der Waals surface area contributed by atoms with Gasteiger partial charge in [0.25, 0.3) is 5.91 Å². The number of benzene rings is 1. The zero-order valence-electron chi connectivity index (χ0n) is 13.2. The van der Waals surface area contributed by atoms with Gasteiger partial charge in [0, 0.05) is 35.6 Å². The first-order chi connectivity index (χ1) is 11.5. The van der Waals surface area contributed by atoms with E-state index in [9.17, 15) is 4.79 Å². The minimum Gasteiger partial charge on any atom is -0.480 e. The van der Waals surface area contributed by atoms with Crippen LogP contribution in [-0.2, 0) is 4.79 Å². The fraction of sp³-hybridized carbons (Fsp3) is 0.412. The SMILES string of the molecule is CC(Oc1ccc(Cl)cc1Br)C(=O)N1CCCC(c2nccs2)C1. The Morgan fingerprint density at radius 2 is 2.38 bits per heavy atom. The van der Waals surface area contributed by atoms with E-state index in [0.717, 1.165) is 28.9 Å². The normalized spacial score (nSPS) is 19.1. The van der Waals surface area contributed by atoms with Crippen molar-refractivity contribution in [3.63, 3.8) is 0 Å². The monoisotopic (exact) mass is 428 g/mol. The fourth-order valence-electron chi connectivity index (χ4n) is 2.88. The third-order valence-electron chi connectivity index (χ3n) is 4.08. The van der Waals surface area contributed by atoms with Gasteiger partial charge in [-0.1, -0.05) is 11.6 Å². The van der Waals surface area contributed by atoms with Crippen molar-refractivity contribution in [2.75, 3.05) is 13.1 Å². The Morgan fingerprint density at radius 3 is 3.08 bits per heavy atom. The number of halogens is 2. The number of rotatable bonds is 4. The Balaban J connectivity index is 1.64. The van der Waals surface area contributed by atoms with Crippen molar-refractivity contribution in [2.24, 2.45) is 0 Å². The fourth-order valence-corrected chi connectivity index (χ4v) is 4.43. The van der Waals surface area contributed by atoms with Crippen molar-refractivity contribution in [1.82, 2.24) is 9.88 Å². The maximum Gasteiger partial charge on any atom is 0.263 e. The van der Waals surface area contributed by atoms with Crippen LogP contribution in [0.2, 0.25) is 5.02 Å². The zero-order valence-corrected chi connectivity index (χ0v) is 16.4. The van der Waals surface area contributed by atoms with Crippen LogP contribution >= 0.6 is 38.9 Å². The van der Waals surface area contributed by atoms with Crippen molar-refractivity contribution in [1.29, 1.82) is 0 Å². The molecule has 2 unspecified atom stereocenters. The molecular formula is C17H18BrClN2O2S. The molecule has 0 aliphatic carbocycles. The van der Waals surface area contributed by atoms with E-state index in [1.807, 2.05) is 16.5 Å². The molecule has 2 aromatic rings. The van der Waals surface area contributed by atoms with Crippen LogP contribution in [0.15, 0.2) is 34.2 Å². The van der Waals surface area contributed by atoms with Gasteiger partial charge in [0.15, 0.2) is 6.10 Å². The first-order valence-electron chi connectivity index (χ1n) is 7.84. The molecule has 3 rings (SSSR count). The minimum atomic E-state index is -0.544. The van der Waals surface area contributed by atoms with Crippen molar-refractivity contribution in [3.05, 3.63) is 44.3 Å². The van der Waals surface area contributed by atoms with E-state index in [2.05, 4.69) is 20.9 Å².